The number of fused-ring (bicyclic) bond motifs is 2. The number of nitrogens with one attached hydrogen (secondary N) is 2. The van der Waals surface area contributed by atoms with Crippen molar-refractivity contribution in [3.05, 3.63) is 107 Å². The topological polar surface area (TPSA) is 173 Å². The van der Waals surface area contributed by atoms with Gasteiger partial charge in [0.2, 0.25) is 11.8 Å². The summed E-state index contributed by atoms with van der Waals surface area (Å²) in [6, 6.07) is 21.1. The number of hydrogen-bond donors (Lipinski definition) is 2. The van der Waals surface area contributed by atoms with Crippen molar-refractivity contribution in [2.45, 2.75) is 32.0 Å². The number of imide groups is 1. The number of ether oxygens (including phenoxy) is 1. The number of imidazole rings is 1. The molecule has 59 heavy (non-hydrogen) atoms. The number of nitrogens with zero attached hydrogens (tertiary/aromatic N) is 7. The highest BCUT2D eigenvalue weighted by molar-refractivity contribution is 7.92. The Kier molecular flexibility index (Phi) is 9.67. The molecule has 0 aliphatic carbocycles. The molecule has 0 saturated carbocycles. The number of anilines is 2. The second-order valence-corrected chi connectivity index (χ2v) is 16.6. The smallest absolute Gasteiger partial charge is 0.329 e. The first-order chi connectivity index (χ1) is 28.4. The van der Waals surface area contributed by atoms with E-state index in [4.69, 9.17) is 4.74 Å². The molecule has 0 spiro atoms. The largest absolute Gasteiger partial charge is 0.487 e. The van der Waals surface area contributed by atoms with Gasteiger partial charge in [0.25, 0.3) is 5.91 Å². The van der Waals surface area contributed by atoms with E-state index in [1.165, 1.54) is 4.57 Å². The molecule has 2 aromatic heterocycles. The molecule has 5 heterocycles. The van der Waals surface area contributed by atoms with E-state index in [0.717, 1.165) is 55.1 Å². The van der Waals surface area contributed by atoms with E-state index in [9.17, 15) is 27.6 Å². The molecule has 9 rings (SSSR count). The van der Waals surface area contributed by atoms with Gasteiger partial charge in [-0.05, 0) is 53.3 Å². The van der Waals surface area contributed by atoms with Crippen LogP contribution in [0.4, 0.5) is 15.8 Å². The van der Waals surface area contributed by atoms with Crippen molar-refractivity contribution in [2.75, 3.05) is 48.5 Å². The third-order valence-electron chi connectivity index (χ3n) is 11.3. The van der Waals surface area contributed by atoms with Gasteiger partial charge in [-0.15, -0.1) is 0 Å². The normalized spacial score (nSPS) is 18.5. The van der Waals surface area contributed by atoms with Crippen molar-refractivity contribution >= 4 is 61.1 Å². The van der Waals surface area contributed by atoms with Crippen LogP contribution in [0.5, 0.6) is 5.75 Å². The number of piperidine rings is 1. The summed E-state index contributed by atoms with van der Waals surface area (Å²) < 4.78 is 55.8. The Labute approximate surface area is 337 Å². The van der Waals surface area contributed by atoms with E-state index in [1.54, 1.807) is 36.0 Å². The van der Waals surface area contributed by atoms with Crippen LogP contribution in [-0.2, 0) is 44.8 Å². The first-order valence-corrected chi connectivity index (χ1v) is 20.7. The number of benzene rings is 4. The highest BCUT2D eigenvalue weighted by Gasteiger charge is 2.38. The van der Waals surface area contributed by atoms with Gasteiger partial charge in [0, 0.05) is 69.0 Å². The Balaban J connectivity index is 0.873. The van der Waals surface area contributed by atoms with Gasteiger partial charge in [0.15, 0.2) is 5.82 Å². The molecule has 0 radical (unpaired) electrons. The van der Waals surface area contributed by atoms with Crippen LogP contribution in [0.15, 0.2) is 90.0 Å². The van der Waals surface area contributed by atoms with Crippen molar-refractivity contribution in [2.24, 2.45) is 7.05 Å². The molecule has 16 nitrogen and oxygen atoms in total. The lowest BCUT2D eigenvalue weighted by atomic mass is 10.0. The molecule has 1 unspecified atom stereocenters. The minimum Gasteiger partial charge on any atom is -0.487 e. The van der Waals surface area contributed by atoms with Crippen LogP contribution in [0.2, 0.25) is 0 Å². The van der Waals surface area contributed by atoms with Gasteiger partial charge in [0.1, 0.15) is 30.6 Å². The molecule has 3 saturated heterocycles. The molecule has 3 amide bonds. The number of rotatable bonds is 10. The number of halogens is 1. The quantitative estimate of drug-likeness (QED) is 0.196. The van der Waals surface area contributed by atoms with Gasteiger partial charge in [-0.3, -0.25) is 38.4 Å². The lowest BCUT2D eigenvalue weighted by molar-refractivity contribution is -0.135. The fraction of sp³-hybridized carbons (Fsp3) is 0.293. The summed E-state index contributed by atoms with van der Waals surface area (Å²) in [5.74, 6) is -2.39. The molecule has 4 aromatic carbocycles. The van der Waals surface area contributed by atoms with Crippen LogP contribution in [-0.4, -0.2) is 89.2 Å². The monoisotopic (exact) mass is 821 g/mol. The Morgan fingerprint density at radius 2 is 1.68 bits per heavy atom. The molecule has 2 N–H and O–H groups in total. The number of hydrogen-bond acceptors (Lipinski definition) is 10. The Morgan fingerprint density at radius 3 is 2.42 bits per heavy atom. The zero-order valence-corrected chi connectivity index (χ0v) is 32.8. The molecule has 18 heteroatoms. The van der Waals surface area contributed by atoms with E-state index in [1.807, 2.05) is 70.2 Å². The molecule has 3 fully saturated rings. The second kappa shape index (κ2) is 15.0. The number of aromatic nitrogens is 4. The number of carbonyl (C=O) groups is 3. The first kappa shape index (κ1) is 38.0. The van der Waals surface area contributed by atoms with Gasteiger partial charge in [-0.2, -0.15) is 13.5 Å². The fourth-order valence-electron chi connectivity index (χ4n) is 8.11. The van der Waals surface area contributed by atoms with E-state index in [2.05, 4.69) is 20.2 Å². The van der Waals surface area contributed by atoms with Crippen LogP contribution in [0.25, 0.3) is 32.9 Å². The molecule has 1 atom stereocenters. The summed E-state index contributed by atoms with van der Waals surface area (Å²) in [4.78, 5) is 54.3. The number of piperazine rings is 1. The maximum Gasteiger partial charge on any atom is 0.329 e. The lowest BCUT2D eigenvalue weighted by Gasteiger charge is -2.36. The van der Waals surface area contributed by atoms with E-state index in [0.29, 0.717) is 27.3 Å². The molecule has 6 aromatic rings. The lowest BCUT2D eigenvalue weighted by Crippen LogP contribution is -2.47. The minimum atomic E-state index is -4.33. The summed E-state index contributed by atoms with van der Waals surface area (Å²) in [5.41, 5.74) is 3.95. The molecule has 0 bridgehead atoms. The predicted octanol–water partition coefficient (Wildman–Crippen LogP) is 3.06. The Morgan fingerprint density at radius 1 is 0.881 bits per heavy atom. The first-order valence-electron chi connectivity index (χ1n) is 19.2. The maximum atomic E-state index is 16.5. The molecule has 304 valence electrons. The molecular weight excluding hydrogens is 782 g/mol. The third-order valence-corrected chi connectivity index (χ3v) is 12.6. The van der Waals surface area contributed by atoms with Crippen LogP contribution in [0.1, 0.15) is 24.4 Å². The highest BCUT2D eigenvalue weighted by Crippen LogP contribution is 2.41. The number of carbonyl (C=O) groups excluding carboxylic acids is 3. The maximum absolute atomic E-state index is 16.5. The van der Waals surface area contributed by atoms with Crippen LogP contribution < -0.4 is 29.7 Å². The summed E-state index contributed by atoms with van der Waals surface area (Å²) in [6.07, 6.45) is 4.06. The van der Waals surface area contributed by atoms with Gasteiger partial charge in [-0.1, -0.05) is 42.5 Å². The SMILES string of the molecule is Cn1c(=O)n(C2CCC(=O)NC2=O)c2ccc(N3CCN(CCn4cc(-c5ccc6cc(OCc7ccccc7)c(N7CC(=O)NS7(=O)=O)c(F)c6c5)cn4)CC3)cc21. The third kappa shape index (κ3) is 7.18. The molecular formula is C41H40FN9O7S. The van der Waals surface area contributed by atoms with Crippen LogP contribution in [0.3, 0.4) is 0 Å². The molecule has 3 aliphatic heterocycles. The van der Waals surface area contributed by atoms with Crippen molar-refractivity contribution < 1.29 is 31.9 Å². The minimum absolute atomic E-state index is 0.00456. The van der Waals surface area contributed by atoms with Crippen molar-refractivity contribution in [3.63, 3.8) is 0 Å². The van der Waals surface area contributed by atoms with E-state index in [-0.39, 0.29) is 47.9 Å². The number of amides is 3. The number of aryl methyl sites for hydroxylation is 1. The summed E-state index contributed by atoms with van der Waals surface area (Å²) >= 11 is 0. The van der Waals surface area contributed by atoms with Crippen LogP contribution >= 0.6 is 0 Å². The highest BCUT2D eigenvalue weighted by atomic mass is 32.2. The predicted molar refractivity (Wildman–Crippen MR) is 218 cm³/mol. The zero-order chi connectivity index (χ0) is 41.0. The van der Waals surface area contributed by atoms with Gasteiger partial charge in [0.05, 0.1) is 23.8 Å². The Hall–Kier alpha value is -6.53. The summed E-state index contributed by atoms with van der Waals surface area (Å²) in [5, 5.41) is 7.57. The second-order valence-electron chi connectivity index (χ2n) is 15.0. The van der Waals surface area contributed by atoms with E-state index >= 15 is 4.39 Å². The van der Waals surface area contributed by atoms with Gasteiger partial charge >= 0.3 is 15.9 Å². The van der Waals surface area contributed by atoms with Gasteiger partial charge in [-0.25, -0.2) is 18.2 Å². The van der Waals surface area contributed by atoms with E-state index < -0.39 is 40.4 Å². The zero-order valence-electron chi connectivity index (χ0n) is 32.0. The average molecular weight is 822 g/mol. The van der Waals surface area contributed by atoms with Crippen molar-refractivity contribution in [1.82, 2.24) is 33.9 Å². The molecule has 3 aliphatic rings. The fourth-order valence-corrected chi connectivity index (χ4v) is 9.27. The van der Waals surface area contributed by atoms with Crippen LogP contribution in [0, 0.1) is 5.82 Å². The standard InChI is InChI=1S/C41H40FN9O7S/c1-46-34-21-30(9-10-32(34)51(41(46)55)33-11-12-36(52)44-40(33)54)48-16-13-47(14-17-48)15-18-49-23-29(22-43-49)27-7-8-28-20-35(58-25-26-5-3-2-4-6-26)39(38(42)31(28)19-27)50-24-37(53)45-59(50,56)57/h2-10,19-23,33H,11-18,24-25H2,1H3,(H,45,53)(H,44,52,54). The van der Waals surface area contributed by atoms with Gasteiger partial charge < -0.3 is 9.64 Å². The summed E-state index contributed by atoms with van der Waals surface area (Å²) in [7, 11) is -2.64. The van der Waals surface area contributed by atoms with Crippen molar-refractivity contribution in [1.29, 1.82) is 0 Å². The average Bonchev–Trinajstić information content (AvgIpc) is 3.89. The Bertz CT molecular complexity index is 2830. The summed E-state index contributed by atoms with van der Waals surface area (Å²) in [6.45, 7) is 3.99. The van der Waals surface area contributed by atoms with Crippen molar-refractivity contribution in [3.8, 4) is 16.9 Å².